The number of hydrogen-bond acceptors (Lipinski definition) is 6. The van der Waals surface area contributed by atoms with Crippen LogP contribution in [0.2, 0.25) is 0 Å². The molecule has 1 aromatic carbocycles. The zero-order valence-corrected chi connectivity index (χ0v) is 13.5. The largest absolute Gasteiger partial charge is 0.497 e. The topological polar surface area (TPSA) is 73.7 Å². The van der Waals surface area contributed by atoms with Gasteiger partial charge in [0.1, 0.15) is 5.75 Å². The molecule has 7 heteroatoms. The third-order valence-corrected chi connectivity index (χ3v) is 4.04. The van der Waals surface area contributed by atoms with Crippen molar-refractivity contribution in [3.63, 3.8) is 0 Å². The first-order valence-corrected chi connectivity index (χ1v) is 7.45. The summed E-state index contributed by atoms with van der Waals surface area (Å²) in [5, 5.41) is 0.383. The minimum atomic E-state index is -0.196. The third kappa shape index (κ3) is 2.68. The van der Waals surface area contributed by atoms with E-state index >= 15 is 0 Å². The molecule has 0 atom stereocenters. The fourth-order valence-electron chi connectivity index (χ4n) is 2.77. The van der Waals surface area contributed by atoms with Gasteiger partial charge in [0.05, 0.1) is 31.2 Å². The number of carbonyl (C=O) groups excluding carboxylic acids is 1. The Hall–Kier alpha value is -2.41. The Morgan fingerprint density at radius 1 is 1.30 bits per heavy atom. The zero-order valence-electron chi connectivity index (χ0n) is 13.5. The maximum atomic E-state index is 12.7. The lowest BCUT2D eigenvalue weighted by Gasteiger charge is -2.29. The lowest BCUT2D eigenvalue weighted by atomic mass is 10.1. The fraction of sp³-hybridized carbons (Fsp3) is 0.438. The van der Waals surface area contributed by atoms with E-state index in [1.807, 2.05) is 4.90 Å². The quantitative estimate of drug-likeness (QED) is 0.786. The number of morpholine rings is 1. The molecule has 1 aliphatic rings. The highest BCUT2D eigenvalue weighted by molar-refractivity contribution is 6.06. The molecule has 0 N–H and O–H groups in total. The number of ether oxygens (including phenoxy) is 2. The number of methoxy groups -OCH3 is 1. The van der Waals surface area contributed by atoms with E-state index in [4.69, 9.17) is 9.47 Å². The van der Waals surface area contributed by atoms with Crippen LogP contribution < -0.4 is 15.2 Å². The van der Waals surface area contributed by atoms with Crippen LogP contribution in [-0.2, 0) is 11.8 Å². The molecular formula is C16H19N3O4. The Balaban J connectivity index is 2.29. The number of aromatic nitrogens is 2. The summed E-state index contributed by atoms with van der Waals surface area (Å²) < 4.78 is 12.1. The summed E-state index contributed by atoms with van der Waals surface area (Å²) in [5.74, 6) is 0.877. The fourth-order valence-corrected chi connectivity index (χ4v) is 2.77. The summed E-state index contributed by atoms with van der Waals surface area (Å²) in [6.07, 6.45) is 0. The number of rotatable bonds is 3. The summed E-state index contributed by atoms with van der Waals surface area (Å²) in [5.41, 5.74) is 0.618. The highest BCUT2D eigenvalue weighted by Gasteiger charge is 2.20. The SMILES string of the molecule is COc1cc(C(C)=O)c2nc(N3CCOCC3)n(C)c(=O)c2c1. The van der Waals surface area contributed by atoms with Gasteiger partial charge in [-0.2, -0.15) is 0 Å². The lowest BCUT2D eigenvalue weighted by molar-refractivity contribution is 0.101. The molecule has 7 nitrogen and oxygen atoms in total. The van der Waals surface area contributed by atoms with Crippen LogP contribution in [0, 0.1) is 0 Å². The number of ketones is 1. The Kier molecular flexibility index (Phi) is 4.04. The monoisotopic (exact) mass is 317 g/mol. The average Bonchev–Trinajstić information content (AvgIpc) is 2.57. The van der Waals surface area contributed by atoms with Crippen molar-refractivity contribution in [2.75, 3.05) is 38.3 Å². The van der Waals surface area contributed by atoms with E-state index in [1.54, 1.807) is 19.2 Å². The van der Waals surface area contributed by atoms with Crippen molar-refractivity contribution in [3.8, 4) is 5.75 Å². The van der Waals surface area contributed by atoms with Crippen LogP contribution >= 0.6 is 0 Å². The van der Waals surface area contributed by atoms with E-state index in [0.717, 1.165) is 0 Å². The Labute approximate surface area is 133 Å². The highest BCUT2D eigenvalue weighted by atomic mass is 16.5. The van der Waals surface area contributed by atoms with Gasteiger partial charge >= 0.3 is 0 Å². The van der Waals surface area contributed by atoms with Gasteiger partial charge in [-0.3, -0.25) is 14.2 Å². The molecule has 2 aromatic rings. The number of hydrogen-bond donors (Lipinski definition) is 0. The lowest BCUT2D eigenvalue weighted by Crippen LogP contribution is -2.40. The van der Waals surface area contributed by atoms with Crippen molar-refractivity contribution < 1.29 is 14.3 Å². The first kappa shape index (κ1) is 15.5. The molecule has 1 aromatic heterocycles. The number of fused-ring (bicyclic) bond motifs is 1. The van der Waals surface area contributed by atoms with Gasteiger partial charge in [0, 0.05) is 25.7 Å². The second-order valence-corrected chi connectivity index (χ2v) is 5.50. The van der Waals surface area contributed by atoms with E-state index in [2.05, 4.69) is 4.98 Å². The van der Waals surface area contributed by atoms with E-state index in [1.165, 1.54) is 18.6 Å². The van der Waals surface area contributed by atoms with Gasteiger partial charge in [0.2, 0.25) is 5.95 Å². The summed E-state index contributed by atoms with van der Waals surface area (Å²) in [6, 6.07) is 3.25. The summed E-state index contributed by atoms with van der Waals surface area (Å²) >= 11 is 0. The van der Waals surface area contributed by atoms with Crippen LogP contribution in [0.5, 0.6) is 5.75 Å². The summed E-state index contributed by atoms with van der Waals surface area (Å²) in [4.78, 5) is 31.3. The third-order valence-electron chi connectivity index (χ3n) is 4.04. The summed E-state index contributed by atoms with van der Waals surface area (Å²) in [6.45, 7) is 3.97. The molecule has 0 radical (unpaired) electrons. The highest BCUT2D eigenvalue weighted by Crippen LogP contribution is 2.24. The van der Waals surface area contributed by atoms with Gasteiger partial charge in [-0.05, 0) is 19.1 Å². The number of carbonyl (C=O) groups is 1. The van der Waals surface area contributed by atoms with Gasteiger partial charge < -0.3 is 14.4 Å². The molecule has 23 heavy (non-hydrogen) atoms. The summed E-state index contributed by atoms with van der Waals surface area (Å²) in [7, 11) is 3.19. The van der Waals surface area contributed by atoms with Crippen molar-refractivity contribution >= 4 is 22.6 Å². The first-order valence-electron chi connectivity index (χ1n) is 7.45. The van der Waals surface area contributed by atoms with E-state index in [9.17, 15) is 9.59 Å². The van der Waals surface area contributed by atoms with Crippen molar-refractivity contribution in [1.29, 1.82) is 0 Å². The van der Waals surface area contributed by atoms with Crippen LogP contribution in [0.25, 0.3) is 10.9 Å². The maximum absolute atomic E-state index is 12.7. The van der Waals surface area contributed by atoms with E-state index in [0.29, 0.717) is 54.5 Å². The van der Waals surface area contributed by atoms with Crippen molar-refractivity contribution in [1.82, 2.24) is 9.55 Å². The van der Waals surface area contributed by atoms with Crippen molar-refractivity contribution in [2.45, 2.75) is 6.92 Å². The molecule has 3 rings (SSSR count). The second kappa shape index (κ2) is 6.00. The number of nitrogens with zero attached hydrogens (tertiary/aromatic N) is 3. The molecule has 0 saturated carbocycles. The average molecular weight is 317 g/mol. The van der Waals surface area contributed by atoms with Gasteiger partial charge in [-0.25, -0.2) is 4.98 Å². The Morgan fingerprint density at radius 2 is 2.00 bits per heavy atom. The van der Waals surface area contributed by atoms with Gasteiger partial charge in [0.25, 0.3) is 5.56 Å². The molecule has 122 valence electrons. The zero-order chi connectivity index (χ0) is 16.6. The molecule has 0 spiro atoms. The standard InChI is InChI=1S/C16H19N3O4/c1-10(20)12-8-11(22-3)9-13-14(12)17-16(18(2)15(13)21)19-4-6-23-7-5-19/h8-9H,4-7H2,1-3H3. The van der Waals surface area contributed by atoms with Crippen LogP contribution in [0.3, 0.4) is 0 Å². The Bertz CT molecular complexity index is 822. The van der Waals surface area contributed by atoms with Crippen LogP contribution in [-0.4, -0.2) is 48.7 Å². The molecular weight excluding hydrogens is 298 g/mol. The van der Waals surface area contributed by atoms with Crippen molar-refractivity contribution in [3.05, 3.63) is 28.0 Å². The van der Waals surface area contributed by atoms with Gasteiger partial charge in [0.15, 0.2) is 5.78 Å². The predicted octanol–water partition coefficient (Wildman–Crippen LogP) is 0.981. The smallest absolute Gasteiger partial charge is 0.262 e. The predicted molar refractivity (Wildman–Crippen MR) is 86.6 cm³/mol. The van der Waals surface area contributed by atoms with Gasteiger partial charge in [-0.1, -0.05) is 0 Å². The molecule has 2 heterocycles. The van der Waals surface area contributed by atoms with E-state index in [-0.39, 0.29) is 11.3 Å². The molecule has 0 bridgehead atoms. The molecule has 1 fully saturated rings. The number of anilines is 1. The molecule has 0 aliphatic carbocycles. The number of Topliss-reactive ketones (excluding diaryl/α,β-unsaturated/α-hetero) is 1. The van der Waals surface area contributed by atoms with Crippen LogP contribution in [0.1, 0.15) is 17.3 Å². The minimum Gasteiger partial charge on any atom is -0.497 e. The molecule has 0 unspecified atom stereocenters. The molecule has 0 amide bonds. The maximum Gasteiger partial charge on any atom is 0.262 e. The first-order chi connectivity index (χ1) is 11.0. The second-order valence-electron chi connectivity index (χ2n) is 5.50. The number of benzene rings is 1. The molecule has 1 aliphatic heterocycles. The van der Waals surface area contributed by atoms with Crippen molar-refractivity contribution in [2.24, 2.45) is 7.05 Å². The van der Waals surface area contributed by atoms with Crippen LogP contribution in [0.15, 0.2) is 16.9 Å². The molecule has 1 saturated heterocycles. The van der Waals surface area contributed by atoms with Gasteiger partial charge in [-0.15, -0.1) is 0 Å². The normalized spacial score (nSPS) is 15.0. The minimum absolute atomic E-state index is 0.150. The Morgan fingerprint density at radius 3 is 2.61 bits per heavy atom. The van der Waals surface area contributed by atoms with Crippen LogP contribution in [0.4, 0.5) is 5.95 Å². The van der Waals surface area contributed by atoms with E-state index < -0.39 is 0 Å².